The van der Waals surface area contributed by atoms with Gasteiger partial charge in [0, 0.05) is 11.8 Å². The molecule has 0 radical (unpaired) electrons. The molecule has 4 N–H and O–H groups in total. The first kappa shape index (κ1) is 19.2. The average molecular weight is 422 g/mol. The first-order valence-corrected chi connectivity index (χ1v) is 9.42. The Morgan fingerprint density at radius 1 is 1.07 bits per heavy atom. The summed E-state index contributed by atoms with van der Waals surface area (Å²) < 4.78 is 10.5. The maximum absolute atomic E-state index is 12.5. The van der Waals surface area contributed by atoms with Crippen LogP contribution >= 0.6 is 11.3 Å². The molecule has 0 spiro atoms. The van der Waals surface area contributed by atoms with Crippen LogP contribution in [0, 0.1) is 0 Å². The molecule has 0 unspecified atom stereocenters. The number of nitrogens with zero attached hydrogens (tertiary/aromatic N) is 2. The molecule has 10 heteroatoms. The van der Waals surface area contributed by atoms with Gasteiger partial charge in [-0.25, -0.2) is 9.78 Å². The fraction of sp³-hybridized carbons (Fsp3) is 0. The molecule has 0 atom stereocenters. The molecular weight excluding hydrogens is 408 g/mol. The van der Waals surface area contributed by atoms with Crippen LogP contribution in [0.5, 0.6) is 11.5 Å². The Morgan fingerprint density at radius 2 is 1.77 bits per heavy atom. The van der Waals surface area contributed by atoms with Crippen molar-refractivity contribution in [3.63, 3.8) is 0 Å². The summed E-state index contributed by atoms with van der Waals surface area (Å²) in [5.74, 6) is -0.711. The standard InChI is InChI=1S/C20H14N4O5S/c21-18-17(16(25)15-10-14(19(26)27)24-29-15)30-20(23-18)22-11-6-8-13(9-7-11)28-12-4-2-1-3-5-12/h1-10H,21H2,(H,22,23)(H,26,27). The van der Waals surface area contributed by atoms with Gasteiger partial charge in [-0.1, -0.05) is 34.7 Å². The molecular formula is C20H14N4O5S. The molecule has 0 fully saturated rings. The van der Waals surface area contributed by atoms with Crippen molar-refractivity contribution in [2.75, 3.05) is 11.1 Å². The van der Waals surface area contributed by atoms with E-state index in [1.807, 2.05) is 30.3 Å². The van der Waals surface area contributed by atoms with Crippen molar-refractivity contribution in [2.24, 2.45) is 0 Å². The van der Waals surface area contributed by atoms with Gasteiger partial charge in [0.2, 0.25) is 11.5 Å². The van der Waals surface area contributed by atoms with Crippen LogP contribution in [-0.4, -0.2) is 27.0 Å². The van der Waals surface area contributed by atoms with E-state index < -0.39 is 11.8 Å². The smallest absolute Gasteiger partial charge is 0.358 e. The summed E-state index contributed by atoms with van der Waals surface area (Å²) in [5, 5.41) is 15.7. The number of carbonyl (C=O) groups excluding carboxylic acids is 1. The first-order chi connectivity index (χ1) is 14.5. The van der Waals surface area contributed by atoms with E-state index in [1.165, 1.54) is 0 Å². The van der Waals surface area contributed by atoms with E-state index in [-0.39, 0.29) is 22.1 Å². The van der Waals surface area contributed by atoms with Crippen LogP contribution in [0.15, 0.2) is 65.2 Å². The summed E-state index contributed by atoms with van der Waals surface area (Å²) in [5.41, 5.74) is 6.21. The van der Waals surface area contributed by atoms with E-state index in [0.717, 1.165) is 28.8 Å². The number of carbonyl (C=O) groups is 2. The molecule has 0 amide bonds. The summed E-state index contributed by atoms with van der Waals surface area (Å²) >= 11 is 1.02. The van der Waals surface area contributed by atoms with E-state index in [9.17, 15) is 9.59 Å². The van der Waals surface area contributed by atoms with Gasteiger partial charge >= 0.3 is 5.97 Å². The summed E-state index contributed by atoms with van der Waals surface area (Å²) in [7, 11) is 0. The van der Waals surface area contributed by atoms with Crippen LogP contribution in [0.4, 0.5) is 16.6 Å². The average Bonchev–Trinajstić information content (AvgIpc) is 3.37. The summed E-state index contributed by atoms with van der Waals surface area (Å²) in [4.78, 5) is 27.7. The Balaban J connectivity index is 1.46. The lowest BCUT2D eigenvalue weighted by Gasteiger charge is -2.07. The normalized spacial score (nSPS) is 10.5. The van der Waals surface area contributed by atoms with Gasteiger partial charge in [0.25, 0.3) is 0 Å². The van der Waals surface area contributed by atoms with Crippen LogP contribution < -0.4 is 15.8 Å². The molecule has 4 aromatic rings. The van der Waals surface area contributed by atoms with E-state index in [1.54, 1.807) is 24.3 Å². The summed E-state index contributed by atoms with van der Waals surface area (Å²) in [6.07, 6.45) is 0. The lowest BCUT2D eigenvalue weighted by Crippen LogP contribution is -2.01. The number of carboxylic acids is 1. The van der Waals surface area contributed by atoms with Crippen LogP contribution in [0.2, 0.25) is 0 Å². The third kappa shape index (κ3) is 4.13. The number of hydrogen-bond donors (Lipinski definition) is 3. The SMILES string of the molecule is Nc1nc(Nc2ccc(Oc3ccccc3)cc2)sc1C(=O)c1cc(C(=O)O)no1. The molecule has 150 valence electrons. The molecule has 0 aliphatic rings. The van der Waals surface area contributed by atoms with E-state index in [0.29, 0.717) is 10.9 Å². The fourth-order valence-electron chi connectivity index (χ4n) is 2.50. The highest BCUT2D eigenvalue weighted by molar-refractivity contribution is 7.18. The molecule has 0 aliphatic carbocycles. The minimum atomic E-state index is -1.29. The van der Waals surface area contributed by atoms with Gasteiger partial charge in [-0.05, 0) is 36.4 Å². The summed E-state index contributed by atoms with van der Waals surface area (Å²) in [6, 6.07) is 17.6. The van der Waals surface area contributed by atoms with Crippen molar-refractivity contribution >= 4 is 39.7 Å². The predicted octanol–water partition coefficient (Wildman–Crippen LogP) is 4.18. The second-order valence-corrected chi connectivity index (χ2v) is 7.01. The Morgan fingerprint density at radius 3 is 2.43 bits per heavy atom. The Kier molecular flexibility index (Phi) is 5.14. The Labute approximate surface area is 173 Å². The quantitative estimate of drug-likeness (QED) is 0.374. The van der Waals surface area contributed by atoms with Crippen molar-refractivity contribution in [1.29, 1.82) is 0 Å². The van der Waals surface area contributed by atoms with Crippen molar-refractivity contribution in [3.8, 4) is 11.5 Å². The molecule has 30 heavy (non-hydrogen) atoms. The van der Waals surface area contributed by atoms with Gasteiger partial charge in [-0.2, -0.15) is 0 Å². The zero-order valence-corrected chi connectivity index (χ0v) is 16.1. The molecule has 4 rings (SSSR count). The van der Waals surface area contributed by atoms with Crippen LogP contribution in [0.1, 0.15) is 25.9 Å². The van der Waals surface area contributed by atoms with Crippen molar-refractivity contribution in [1.82, 2.24) is 10.1 Å². The lowest BCUT2D eigenvalue weighted by molar-refractivity contribution is 0.0684. The lowest BCUT2D eigenvalue weighted by atomic mass is 10.2. The number of para-hydroxylation sites is 1. The number of aromatic carboxylic acids is 1. The summed E-state index contributed by atoms with van der Waals surface area (Å²) in [6.45, 7) is 0. The molecule has 9 nitrogen and oxygen atoms in total. The van der Waals surface area contributed by atoms with Crippen molar-refractivity contribution in [2.45, 2.75) is 0 Å². The largest absolute Gasteiger partial charge is 0.476 e. The van der Waals surface area contributed by atoms with Gasteiger partial charge in [0.1, 0.15) is 22.2 Å². The molecule has 2 aromatic heterocycles. The zero-order valence-electron chi connectivity index (χ0n) is 15.2. The van der Waals surface area contributed by atoms with Crippen molar-refractivity contribution < 1.29 is 24.0 Å². The molecule has 2 heterocycles. The number of nitrogen functional groups attached to an aromatic ring is 1. The molecule has 0 bridgehead atoms. The molecule has 0 saturated carbocycles. The topological polar surface area (TPSA) is 141 Å². The highest BCUT2D eigenvalue weighted by Crippen LogP contribution is 2.31. The van der Waals surface area contributed by atoms with E-state index >= 15 is 0 Å². The number of nitrogens with one attached hydrogen (secondary N) is 1. The fourth-order valence-corrected chi connectivity index (χ4v) is 3.35. The first-order valence-electron chi connectivity index (χ1n) is 8.60. The highest BCUT2D eigenvalue weighted by atomic mass is 32.1. The van der Waals surface area contributed by atoms with Crippen molar-refractivity contribution in [3.05, 3.63) is 77.0 Å². The Hall–Kier alpha value is -4.18. The minimum absolute atomic E-state index is 0.00445. The molecule has 0 aliphatic heterocycles. The van der Waals surface area contributed by atoms with Crippen LogP contribution in [0.3, 0.4) is 0 Å². The van der Waals surface area contributed by atoms with E-state index in [2.05, 4.69) is 15.5 Å². The maximum Gasteiger partial charge on any atom is 0.358 e. The zero-order chi connectivity index (χ0) is 21.1. The Bertz CT molecular complexity index is 1200. The van der Waals surface area contributed by atoms with Gasteiger partial charge in [0.15, 0.2) is 10.8 Å². The molecule has 2 aromatic carbocycles. The van der Waals surface area contributed by atoms with Gasteiger partial charge in [0.05, 0.1) is 0 Å². The number of ether oxygens (including phenoxy) is 1. The van der Waals surface area contributed by atoms with Gasteiger partial charge < -0.3 is 25.4 Å². The number of carboxylic acid groups (broad SMARTS) is 1. The number of ketones is 1. The van der Waals surface area contributed by atoms with Crippen LogP contribution in [-0.2, 0) is 0 Å². The third-order valence-corrected chi connectivity index (χ3v) is 4.88. The molecule has 0 saturated heterocycles. The number of benzene rings is 2. The second kappa shape index (κ2) is 8.05. The monoisotopic (exact) mass is 422 g/mol. The number of thiazole rings is 1. The minimum Gasteiger partial charge on any atom is -0.476 e. The number of aromatic nitrogens is 2. The number of rotatable bonds is 7. The third-order valence-electron chi connectivity index (χ3n) is 3.90. The van der Waals surface area contributed by atoms with E-state index in [4.69, 9.17) is 20.1 Å². The number of nitrogens with two attached hydrogens (primary N) is 1. The van der Waals surface area contributed by atoms with Crippen LogP contribution in [0.25, 0.3) is 0 Å². The predicted molar refractivity (Wildman–Crippen MR) is 110 cm³/mol. The number of hydrogen-bond acceptors (Lipinski definition) is 9. The second-order valence-electron chi connectivity index (χ2n) is 6.01. The maximum atomic E-state index is 12.5. The van der Waals surface area contributed by atoms with Gasteiger partial charge in [-0.3, -0.25) is 4.79 Å². The highest BCUT2D eigenvalue weighted by Gasteiger charge is 2.23. The number of anilines is 3. The van der Waals surface area contributed by atoms with Gasteiger partial charge in [-0.15, -0.1) is 0 Å².